The molecule has 33 heavy (non-hydrogen) atoms. The summed E-state index contributed by atoms with van der Waals surface area (Å²) in [5.74, 6) is 0.979. The number of ether oxygens (including phenoxy) is 2. The standard InChI is InChI=1S/C27H28N2O4/c1-32-22-14-12-21(13-15-22)29-25(30)17-16-23(26(29)19-8-4-3-5-9-19)27(31)28-18-20-10-6-7-11-24(20)33-2/h3-15,23,26H,16-18H2,1-2H3,(H,28,31)/t23-,26+/m1/s1. The van der Waals surface area contributed by atoms with Crippen molar-refractivity contribution in [2.45, 2.75) is 25.4 Å². The van der Waals surface area contributed by atoms with Gasteiger partial charge in [-0.2, -0.15) is 0 Å². The average molecular weight is 445 g/mol. The fourth-order valence-corrected chi connectivity index (χ4v) is 4.41. The molecule has 1 saturated heterocycles. The van der Waals surface area contributed by atoms with E-state index in [1.807, 2.05) is 78.9 Å². The molecule has 0 saturated carbocycles. The van der Waals surface area contributed by atoms with Gasteiger partial charge in [-0.25, -0.2) is 0 Å². The molecule has 6 heteroatoms. The zero-order valence-corrected chi connectivity index (χ0v) is 18.9. The van der Waals surface area contributed by atoms with E-state index < -0.39 is 6.04 Å². The monoisotopic (exact) mass is 444 g/mol. The zero-order chi connectivity index (χ0) is 23.2. The number of carbonyl (C=O) groups is 2. The smallest absolute Gasteiger partial charge is 0.227 e. The van der Waals surface area contributed by atoms with Gasteiger partial charge in [-0.05, 0) is 42.3 Å². The Morgan fingerprint density at radius 1 is 0.939 bits per heavy atom. The molecule has 3 aromatic rings. The van der Waals surface area contributed by atoms with Gasteiger partial charge in [-0.3, -0.25) is 9.59 Å². The number of piperidine rings is 1. The van der Waals surface area contributed by atoms with Gasteiger partial charge in [0.05, 0.1) is 26.2 Å². The molecule has 1 fully saturated rings. The number of nitrogens with zero attached hydrogens (tertiary/aromatic N) is 1. The van der Waals surface area contributed by atoms with Gasteiger partial charge in [-0.15, -0.1) is 0 Å². The molecule has 1 aliphatic heterocycles. The maximum absolute atomic E-state index is 13.4. The number of benzene rings is 3. The van der Waals surface area contributed by atoms with Gasteiger partial charge in [0.2, 0.25) is 11.8 Å². The van der Waals surface area contributed by atoms with E-state index in [1.54, 1.807) is 19.1 Å². The number of amides is 2. The Labute approximate surface area is 194 Å². The number of hydrogen-bond acceptors (Lipinski definition) is 4. The van der Waals surface area contributed by atoms with E-state index in [0.29, 0.717) is 25.1 Å². The molecular weight excluding hydrogens is 416 g/mol. The number of nitrogens with one attached hydrogen (secondary N) is 1. The predicted octanol–water partition coefficient (Wildman–Crippen LogP) is 4.50. The van der Waals surface area contributed by atoms with Crippen molar-refractivity contribution in [2.75, 3.05) is 19.1 Å². The lowest BCUT2D eigenvalue weighted by molar-refractivity contribution is -0.129. The number of rotatable bonds is 7. The van der Waals surface area contributed by atoms with Crippen molar-refractivity contribution < 1.29 is 19.1 Å². The Balaban J connectivity index is 1.64. The first-order chi connectivity index (χ1) is 16.1. The van der Waals surface area contributed by atoms with Crippen molar-refractivity contribution in [3.8, 4) is 11.5 Å². The van der Waals surface area contributed by atoms with Crippen LogP contribution < -0.4 is 19.7 Å². The minimum atomic E-state index is -0.404. The Hall–Kier alpha value is -3.80. The number of methoxy groups -OCH3 is 2. The number of para-hydroxylation sites is 1. The molecule has 4 rings (SSSR count). The third-order valence-corrected chi connectivity index (χ3v) is 6.07. The van der Waals surface area contributed by atoms with Crippen molar-refractivity contribution >= 4 is 17.5 Å². The maximum atomic E-state index is 13.4. The molecule has 0 aromatic heterocycles. The largest absolute Gasteiger partial charge is 0.497 e. The molecule has 6 nitrogen and oxygen atoms in total. The van der Waals surface area contributed by atoms with Gasteiger partial charge in [0.25, 0.3) is 0 Å². The highest BCUT2D eigenvalue weighted by Gasteiger charge is 2.41. The molecule has 3 aromatic carbocycles. The summed E-state index contributed by atoms with van der Waals surface area (Å²) in [4.78, 5) is 28.3. The summed E-state index contributed by atoms with van der Waals surface area (Å²) >= 11 is 0. The van der Waals surface area contributed by atoms with Crippen LogP contribution in [0.5, 0.6) is 11.5 Å². The minimum Gasteiger partial charge on any atom is -0.497 e. The van der Waals surface area contributed by atoms with Crippen LogP contribution in [-0.4, -0.2) is 26.0 Å². The van der Waals surface area contributed by atoms with Crippen molar-refractivity contribution in [1.29, 1.82) is 0 Å². The first-order valence-electron chi connectivity index (χ1n) is 11.0. The SMILES string of the molecule is COc1ccc(N2C(=O)CC[C@@H](C(=O)NCc3ccccc3OC)[C@@H]2c2ccccc2)cc1. The van der Waals surface area contributed by atoms with Gasteiger partial charge in [0.1, 0.15) is 11.5 Å². The molecule has 0 unspecified atom stereocenters. The van der Waals surface area contributed by atoms with E-state index in [9.17, 15) is 9.59 Å². The highest BCUT2D eigenvalue weighted by Crippen LogP contribution is 2.40. The van der Waals surface area contributed by atoms with E-state index >= 15 is 0 Å². The summed E-state index contributed by atoms with van der Waals surface area (Å²) in [5, 5.41) is 3.07. The summed E-state index contributed by atoms with van der Waals surface area (Å²) < 4.78 is 10.7. The molecule has 1 heterocycles. The molecule has 2 amide bonds. The van der Waals surface area contributed by atoms with Crippen LogP contribution >= 0.6 is 0 Å². The van der Waals surface area contributed by atoms with E-state index in [2.05, 4.69) is 5.32 Å². The number of anilines is 1. The second-order valence-corrected chi connectivity index (χ2v) is 7.99. The van der Waals surface area contributed by atoms with Gasteiger partial charge < -0.3 is 19.7 Å². The van der Waals surface area contributed by atoms with Gasteiger partial charge >= 0.3 is 0 Å². The Kier molecular flexibility index (Phi) is 6.93. The second kappa shape index (κ2) is 10.2. The molecule has 0 radical (unpaired) electrons. The quantitative estimate of drug-likeness (QED) is 0.583. The van der Waals surface area contributed by atoms with E-state index in [4.69, 9.17) is 9.47 Å². The van der Waals surface area contributed by atoms with Gasteiger partial charge in [0, 0.05) is 24.2 Å². The third-order valence-electron chi connectivity index (χ3n) is 6.07. The summed E-state index contributed by atoms with van der Waals surface area (Å²) in [6, 6.07) is 24.4. The minimum absolute atomic E-state index is 0.00259. The van der Waals surface area contributed by atoms with Crippen molar-refractivity contribution in [2.24, 2.45) is 5.92 Å². The molecular formula is C27H28N2O4. The molecule has 170 valence electrons. The van der Waals surface area contributed by atoms with E-state index in [0.717, 1.165) is 22.6 Å². The molecule has 0 spiro atoms. The lowest BCUT2D eigenvalue weighted by atomic mass is 9.83. The van der Waals surface area contributed by atoms with Crippen LogP contribution in [-0.2, 0) is 16.1 Å². The normalized spacial score (nSPS) is 18.0. The second-order valence-electron chi connectivity index (χ2n) is 7.99. The average Bonchev–Trinajstić information content (AvgIpc) is 2.87. The number of hydrogen-bond donors (Lipinski definition) is 1. The summed E-state index contributed by atoms with van der Waals surface area (Å²) in [6.45, 7) is 0.358. The maximum Gasteiger partial charge on any atom is 0.227 e. The molecule has 1 aliphatic rings. The lowest BCUT2D eigenvalue weighted by Crippen LogP contribution is -2.48. The van der Waals surface area contributed by atoms with E-state index in [-0.39, 0.29) is 17.7 Å². The van der Waals surface area contributed by atoms with Crippen LogP contribution in [0.3, 0.4) is 0 Å². The third kappa shape index (κ3) is 4.85. The zero-order valence-electron chi connectivity index (χ0n) is 18.9. The fourth-order valence-electron chi connectivity index (χ4n) is 4.41. The first kappa shape index (κ1) is 22.4. The lowest BCUT2D eigenvalue weighted by Gasteiger charge is -2.41. The van der Waals surface area contributed by atoms with Crippen LogP contribution in [0.15, 0.2) is 78.9 Å². The van der Waals surface area contributed by atoms with E-state index in [1.165, 1.54) is 0 Å². The first-order valence-corrected chi connectivity index (χ1v) is 11.0. The molecule has 1 N–H and O–H groups in total. The summed E-state index contributed by atoms with van der Waals surface area (Å²) in [6.07, 6.45) is 0.797. The van der Waals surface area contributed by atoms with Crippen LogP contribution in [0, 0.1) is 5.92 Å². The van der Waals surface area contributed by atoms with Gasteiger partial charge in [0.15, 0.2) is 0 Å². The molecule has 0 bridgehead atoms. The number of carbonyl (C=O) groups excluding carboxylic acids is 2. The van der Waals surface area contributed by atoms with Crippen LogP contribution in [0.4, 0.5) is 5.69 Å². The van der Waals surface area contributed by atoms with Gasteiger partial charge in [-0.1, -0.05) is 48.5 Å². The highest BCUT2D eigenvalue weighted by atomic mass is 16.5. The van der Waals surface area contributed by atoms with Crippen molar-refractivity contribution in [3.63, 3.8) is 0 Å². The Bertz CT molecular complexity index is 1100. The van der Waals surface area contributed by atoms with Crippen LogP contribution in [0.25, 0.3) is 0 Å². The predicted molar refractivity (Wildman–Crippen MR) is 127 cm³/mol. The fraction of sp³-hybridized carbons (Fsp3) is 0.259. The summed E-state index contributed by atoms with van der Waals surface area (Å²) in [5.41, 5.74) is 2.58. The van der Waals surface area contributed by atoms with Crippen LogP contribution in [0.1, 0.15) is 30.0 Å². The Morgan fingerprint density at radius 3 is 2.33 bits per heavy atom. The molecule has 0 aliphatic carbocycles. The van der Waals surface area contributed by atoms with Crippen molar-refractivity contribution in [1.82, 2.24) is 5.32 Å². The molecule has 2 atom stereocenters. The van der Waals surface area contributed by atoms with Crippen molar-refractivity contribution in [3.05, 3.63) is 90.0 Å². The topological polar surface area (TPSA) is 67.9 Å². The Morgan fingerprint density at radius 2 is 1.64 bits per heavy atom. The highest BCUT2D eigenvalue weighted by molar-refractivity contribution is 5.97. The van der Waals surface area contributed by atoms with Crippen LogP contribution in [0.2, 0.25) is 0 Å². The summed E-state index contributed by atoms with van der Waals surface area (Å²) in [7, 11) is 3.22.